The Balaban J connectivity index is 2.23. The van der Waals surface area contributed by atoms with Crippen LogP contribution in [0.1, 0.15) is 45.4 Å². The number of benzene rings is 1. The van der Waals surface area contributed by atoms with E-state index in [2.05, 4.69) is 24.2 Å². The number of anilines is 2. The Hall–Kier alpha value is -1.78. The summed E-state index contributed by atoms with van der Waals surface area (Å²) in [5.41, 5.74) is 1.94. The van der Waals surface area contributed by atoms with E-state index in [1.165, 1.54) is 32.1 Å². The predicted molar refractivity (Wildman–Crippen MR) is 87.2 cm³/mol. The molecule has 0 bridgehead atoms. The molecule has 0 atom stereocenters. The maximum Gasteiger partial charge on any atom is 0.273 e. The molecule has 0 heterocycles. The van der Waals surface area contributed by atoms with E-state index in [0.29, 0.717) is 6.04 Å². The zero-order valence-electron chi connectivity index (χ0n) is 13.0. The van der Waals surface area contributed by atoms with Crippen LogP contribution in [0.25, 0.3) is 0 Å². The second kappa shape index (κ2) is 7.29. The summed E-state index contributed by atoms with van der Waals surface area (Å²) in [5.74, 6) is 0. The third-order valence-corrected chi connectivity index (χ3v) is 4.22. The number of rotatable bonds is 6. The molecule has 0 saturated heterocycles. The van der Waals surface area contributed by atoms with Crippen molar-refractivity contribution in [2.24, 2.45) is 0 Å². The van der Waals surface area contributed by atoms with Gasteiger partial charge in [0.05, 0.1) is 4.92 Å². The highest BCUT2D eigenvalue weighted by atomic mass is 16.6. The van der Waals surface area contributed by atoms with Crippen molar-refractivity contribution in [2.75, 3.05) is 23.8 Å². The van der Waals surface area contributed by atoms with Crippen LogP contribution >= 0.6 is 0 Å². The molecule has 0 radical (unpaired) electrons. The molecule has 1 saturated carbocycles. The number of non-ortho nitro benzene ring substituents is 1. The summed E-state index contributed by atoms with van der Waals surface area (Å²) in [6, 6.07) is 5.83. The topological polar surface area (TPSA) is 58.4 Å². The fourth-order valence-electron chi connectivity index (χ4n) is 2.95. The standard InChI is InChI=1S/C16H25N3O2/c1-3-9-17-13-10-15(12-16(11-13)19(20)21)18(2)14-7-5-4-6-8-14/h10-12,14,17H,3-9H2,1-2H3. The highest BCUT2D eigenvalue weighted by Gasteiger charge is 2.20. The molecule has 21 heavy (non-hydrogen) atoms. The van der Waals surface area contributed by atoms with Crippen molar-refractivity contribution in [3.8, 4) is 0 Å². The first-order chi connectivity index (χ1) is 10.1. The minimum Gasteiger partial charge on any atom is -0.385 e. The highest BCUT2D eigenvalue weighted by molar-refractivity contribution is 5.64. The molecule has 1 aliphatic carbocycles. The molecular weight excluding hydrogens is 266 g/mol. The summed E-state index contributed by atoms with van der Waals surface area (Å²) in [4.78, 5) is 13.0. The highest BCUT2D eigenvalue weighted by Crippen LogP contribution is 2.31. The lowest BCUT2D eigenvalue weighted by Gasteiger charge is -2.33. The van der Waals surface area contributed by atoms with Gasteiger partial charge < -0.3 is 10.2 Å². The molecule has 0 spiro atoms. The number of nitrogens with zero attached hydrogens (tertiary/aromatic N) is 2. The molecule has 1 aliphatic rings. The lowest BCUT2D eigenvalue weighted by atomic mass is 9.94. The summed E-state index contributed by atoms with van der Waals surface area (Å²) in [5, 5.41) is 14.4. The molecule has 0 aromatic heterocycles. The average Bonchev–Trinajstić information content (AvgIpc) is 2.52. The van der Waals surface area contributed by atoms with Crippen LogP contribution in [0.15, 0.2) is 18.2 Å². The van der Waals surface area contributed by atoms with Crippen LogP contribution in [-0.4, -0.2) is 24.6 Å². The Kier molecular flexibility index (Phi) is 5.42. The Bertz CT molecular complexity index is 484. The van der Waals surface area contributed by atoms with Gasteiger partial charge in [-0.3, -0.25) is 10.1 Å². The maximum atomic E-state index is 11.1. The van der Waals surface area contributed by atoms with Gasteiger partial charge in [0.25, 0.3) is 5.69 Å². The SMILES string of the molecule is CCCNc1cc(N(C)C2CCCCC2)cc([N+](=O)[O-])c1. The smallest absolute Gasteiger partial charge is 0.273 e. The van der Waals surface area contributed by atoms with Crippen molar-refractivity contribution in [1.82, 2.24) is 0 Å². The Morgan fingerprint density at radius 1 is 1.29 bits per heavy atom. The number of hydrogen-bond donors (Lipinski definition) is 1. The van der Waals surface area contributed by atoms with Crippen LogP contribution in [0.3, 0.4) is 0 Å². The minimum atomic E-state index is -0.310. The molecule has 0 amide bonds. The number of nitro benzene ring substituents is 1. The van der Waals surface area contributed by atoms with E-state index in [-0.39, 0.29) is 10.6 Å². The molecule has 1 aromatic carbocycles. The third kappa shape index (κ3) is 4.09. The number of nitro groups is 1. The van der Waals surface area contributed by atoms with Gasteiger partial charge in [-0.1, -0.05) is 26.2 Å². The van der Waals surface area contributed by atoms with Crippen LogP contribution in [0.5, 0.6) is 0 Å². The van der Waals surface area contributed by atoms with E-state index in [0.717, 1.165) is 24.3 Å². The summed E-state index contributed by atoms with van der Waals surface area (Å²) in [6.07, 6.45) is 7.17. The molecule has 5 heteroatoms. The molecule has 1 aromatic rings. The van der Waals surface area contributed by atoms with Crippen LogP contribution in [0.2, 0.25) is 0 Å². The summed E-state index contributed by atoms with van der Waals surface area (Å²) in [7, 11) is 2.05. The fourth-order valence-corrected chi connectivity index (χ4v) is 2.95. The Labute approximate surface area is 126 Å². The van der Waals surface area contributed by atoms with Gasteiger partial charge in [0.1, 0.15) is 0 Å². The molecule has 1 N–H and O–H groups in total. The van der Waals surface area contributed by atoms with Crippen molar-refractivity contribution in [2.45, 2.75) is 51.5 Å². The van der Waals surface area contributed by atoms with E-state index >= 15 is 0 Å². The van der Waals surface area contributed by atoms with Crippen LogP contribution in [0, 0.1) is 10.1 Å². The molecule has 0 aliphatic heterocycles. The molecule has 5 nitrogen and oxygen atoms in total. The molecule has 2 rings (SSSR count). The van der Waals surface area contributed by atoms with Crippen molar-refractivity contribution in [3.63, 3.8) is 0 Å². The molecule has 0 unspecified atom stereocenters. The quantitative estimate of drug-likeness (QED) is 0.631. The van der Waals surface area contributed by atoms with Crippen LogP contribution < -0.4 is 10.2 Å². The van der Waals surface area contributed by atoms with Crippen molar-refractivity contribution >= 4 is 17.1 Å². The molecular formula is C16H25N3O2. The summed E-state index contributed by atoms with van der Waals surface area (Å²) in [6.45, 7) is 2.91. The number of hydrogen-bond acceptors (Lipinski definition) is 4. The zero-order valence-corrected chi connectivity index (χ0v) is 13.0. The first kappa shape index (κ1) is 15.6. The lowest BCUT2D eigenvalue weighted by Crippen LogP contribution is -2.33. The average molecular weight is 291 g/mol. The lowest BCUT2D eigenvalue weighted by molar-refractivity contribution is -0.384. The normalized spacial score (nSPS) is 15.7. The van der Waals surface area contributed by atoms with E-state index in [1.807, 2.05) is 6.07 Å². The third-order valence-electron chi connectivity index (χ3n) is 4.22. The first-order valence-corrected chi connectivity index (χ1v) is 7.88. The summed E-state index contributed by atoms with van der Waals surface area (Å²) >= 11 is 0. The summed E-state index contributed by atoms with van der Waals surface area (Å²) < 4.78 is 0. The van der Waals surface area contributed by atoms with Crippen molar-refractivity contribution < 1.29 is 4.92 Å². The zero-order chi connectivity index (χ0) is 15.2. The van der Waals surface area contributed by atoms with Crippen LogP contribution in [0.4, 0.5) is 17.1 Å². The second-order valence-corrected chi connectivity index (χ2v) is 5.82. The second-order valence-electron chi connectivity index (χ2n) is 5.82. The van der Waals surface area contributed by atoms with E-state index in [4.69, 9.17) is 0 Å². The van der Waals surface area contributed by atoms with Gasteiger partial charge in [0.15, 0.2) is 0 Å². The van der Waals surface area contributed by atoms with E-state index < -0.39 is 0 Å². The van der Waals surface area contributed by atoms with Crippen molar-refractivity contribution in [3.05, 3.63) is 28.3 Å². The van der Waals surface area contributed by atoms with Gasteiger partial charge in [-0.25, -0.2) is 0 Å². The van der Waals surface area contributed by atoms with Gasteiger partial charge in [-0.15, -0.1) is 0 Å². The monoisotopic (exact) mass is 291 g/mol. The van der Waals surface area contributed by atoms with Gasteiger partial charge in [-0.2, -0.15) is 0 Å². The van der Waals surface area contributed by atoms with Gasteiger partial charge >= 0.3 is 0 Å². The first-order valence-electron chi connectivity index (χ1n) is 7.88. The minimum absolute atomic E-state index is 0.161. The van der Waals surface area contributed by atoms with Gasteiger partial charge in [0, 0.05) is 43.1 Å². The fraction of sp³-hybridized carbons (Fsp3) is 0.625. The predicted octanol–water partition coefficient (Wildman–Crippen LogP) is 4.19. The molecule has 1 fully saturated rings. The van der Waals surface area contributed by atoms with E-state index in [1.54, 1.807) is 12.1 Å². The van der Waals surface area contributed by atoms with Gasteiger partial charge in [0.2, 0.25) is 0 Å². The van der Waals surface area contributed by atoms with Gasteiger partial charge in [-0.05, 0) is 25.3 Å². The Morgan fingerprint density at radius 3 is 2.62 bits per heavy atom. The largest absolute Gasteiger partial charge is 0.385 e. The maximum absolute atomic E-state index is 11.1. The van der Waals surface area contributed by atoms with Crippen molar-refractivity contribution in [1.29, 1.82) is 0 Å². The Morgan fingerprint density at radius 2 is 2.00 bits per heavy atom. The van der Waals surface area contributed by atoms with Crippen LogP contribution in [-0.2, 0) is 0 Å². The molecule has 116 valence electrons. The number of nitrogens with one attached hydrogen (secondary N) is 1. The van der Waals surface area contributed by atoms with E-state index in [9.17, 15) is 10.1 Å².